The Labute approximate surface area is 351 Å². The lowest BCUT2D eigenvalue weighted by atomic mass is 10.1. The largest absolute Gasteiger partial charge is 0.476 e. The van der Waals surface area contributed by atoms with Crippen LogP contribution in [0, 0.1) is 0 Å². The Balaban J connectivity index is 0.000000219. The Morgan fingerprint density at radius 1 is 0.596 bits per heavy atom. The smallest absolute Gasteiger partial charge is 0.356 e. The van der Waals surface area contributed by atoms with Crippen molar-refractivity contribution in [3.8, 4) is 42.0 Å². The molecule has 2 aromatic heterocycles. The highest BCUT2D eigenvalue weighted by Crippen LogP contribution is 2.37. The van der Waals surface area contributed by atoms with Crippen molar-refractivity contribution in [2.45, 2.75) is 86.9 Å². The fourth-order valence-corrected chi connectivity index (χ4v) is 8.83. The number of carboxylic acid groups (broad SMARTS) is 1. The summed E-state index contributed by atoms with van der Waals surface area (Å²) in [5, 5.41) is 10.6. The van der Waals surface area contributed by atoms with Crippen LogP contribution in [-0.4, -0.2) is 54.7 Å². The van der Waals surface area contributed by atoms with Gasteiger partial charge in [-0.05, 0) is 90.8 Å². The van der Waals surface area contributed by atoms with Crippen molar-refractivity contribution in [1.29, 1.82) is 0 Å². The Morgan fingerprint density at radius 2 is 1.04 bits per heavy atom. The summed E-state index contributed by atoms with van der Waals surface area (Å²) < 4.78 is 10.9. The van der Waals surface area contributed by atoms with Crippen molar-refractivity contribution in [3.63, 3.8) is 0 Å². The Bertz CT molecular complexity index is 2260. The van der Waals surface area contributed by atoms with E-state index in [1.54, 1.807) is 11.3 Å². The van der Waals surface area contributed by atoms with Gasteiger partial charge >= 0.3 is 17.9 Å². The van der Waals surface area contributed by atoms with Crippen LogP contribution in [0.3, 0.4) is 0 Å². The van der Waals surface area contributed by atoms with Gasteiger partial charge < -0.3 is 14.6 Å². The molecule has 0 radical (unpaired) electrons. The van der Waals surface area contributed by atoms with E-state index in [2.05, 4.69) is 34.2 Å². The maximum Gasteiger partial charge on any atom is 0.356 e. The molecule has 57 heavy (non-hydrogen) atoms. The molecule has 2 unspecified atom stereocenters. The minimum absolute atomic E-state index is 0.0539. The normalized spacial score (nSPS) is 12.5. The standard InChI is InChI=1S/C23H23NO4S2.C22H23NO2S2/c1-14(22(27)28-23(2,3)4)29-17-12-10-16(11-13-17)20-24-18(21(25)26)19(30-20)15-8-6-5-7-9-15;1-15(21(24)25-22(2,3)4)26-18-12-10-17(11-13-18)20-23-14-19(27-20)16-8-6-5-7-9-16/h5-14H,1-4H3,(H,25,26);5-15H,1-4H3. The molecule has 6 aromatic rings. The summed E-state index contributed by atoms with van der Waals surface area (Å²) in [7, 11) is 0. The van der Waals surface area contributed by atoms with Gasteiger partial charge in [-0.1, -0.05) is 84.9 Å². The Morgan fingerprint density at radius 3 is 1.47 bits per heavy atom. The molecule has 6 rings (SSSR count). The van der Waals surface area contributed by atoms with Gasteiger partial charge in [-0.25, -0.2) is 14.8 Å². The molecule has 0 saturated carbocycles. The molecule has 0 aliphatic rings. The van der Waals surface area contributed by atoms with Gasteiger partial charge in [0.25, 0.3) is 0 Å². The van der Waals surface area contributed by atoms with Crippen LogP contribution in [-0.2, 0) is 19.1 Å². The quantitative estimate of drug-likeness (QED) is 0.0998. The van der Waals surface area contributed by atoms with Crippen molar-refractivity contribution >= 4 is 64.1 Å². The fourth-order valence-electron chi connectivity index (χ4n) is 5.14. The summed E-state index contributed by atoms with van der Waals surface area (Å²) in [4.78, 5) is 48.7. The molecule has 0 fully saturated rings. The monoisotopic (exact) mass is 838 g/mol. The number of carbonyl (C=O) groups excluding carboxylic acids is 2. The summed E-state index contributed by atoms with van der Waals surface area (Å²) in [6.45, 7) is 14.9. The third kappa shape index (κ3) is 12.9. The fraction of sp³-hybridized carbons (Fsp3) is 0.267. The summed E-state index contributed by atoms with van der Waals surface area (Å²) in [6, 6.07) is 35.4. The number of ether oxygens (including phenoxy) is 2. The van der Waals surface area contributed by atoms with Gasteiger partial charge in [0.1, 0.15) is 31.7 Å². The molecule has 2 heterocycles. The molecule has 0 bridgehead atoms. The zero-order valence-electron chi connectivity index (χ0n) is 33.1. The van der Waals surface area contributed by atoms with E-state index in [9.17, 15) is 19.5 Å². The van der Waals surface area contributed by atoms with Crippen molar-refractivity contribution in [2.75, 3.05) is 0 Å². The van der Waals surface area contributed by atoms with Gasteiger partial charge in [0.15, 0.2) is 5.69 Å². The first-order valence-electron chi connectivity index (χ1n) is 18.3. The van der Waals surface area contributed by atoms with Crippen LogP contribution < -0.4 is 0 Å². The predicted molar refractivity (Wildman–Crippen MR) is 235 cm³/mol. The number of benzene rings is 4. The summed E-state index contributed by atoms with van der Waals surface area (Å²) in [6.07, 6.45) is 1.92. The molecule has 0 aliphatic heterocycles. The minimum Gasteiger partial charge on any atom is -0.476 e. The van der Waals surface area contributed by atoms with E-state index in [0.29, 0.717) is 9.88 Å². The first kappa shape index (κ1) is 43.4. The number of hydrogen-bond acceptors (Lipinski definition) is 11. The molecule has 0 amide bonds. The highest BCUT2D eigenvalue weighted by atomic mass is 32.2. The number of thioether (sulfide) groups is 2. The van der Waals surface area contributed by atoms with E-state index in [1.807, 2.05) is 147 Å². The lowest BCUT2D eigenvalue weighted by Crippen LogP contribution is -2.28. The number of carbonyl (C=O) groups is 3. The molecule has 2 atom stereocenters. The van der Waals surface area contributed by atoms with Gasteiger partial charge in [0, 0.05) is 27.1 Å². The predicted octanol–water partition coefficient (Wildman–Crippen LogP) is 12.3. The summed E-state index contributed by atoms with van der Waals surface area (Å²) >= 11 is 5.96. The first-order chi connectivity index (χ1) is 27.0. The second-order valence-electron chi connectivity index (χ2n) is 14.9. The van der Waals surface area contributed by atoms with Gasteiger partial charge in [-0.3, -0.25) is 9.59 Å². The van der Waals surface area contributed by atoms with E-state index in [4.69, 9.17) is 9.47 Å². The SMILES string of the molecule is CC(Sc1ccc(-c2nc(C(=O)O)c(-c3ccccc3)s2)cc1)C(=O)OC(C)(C)C.CC(Sc1ccc(-c2ncc(-c3ccccc3)s2)cc1)C(=O)OC(C)(C)C. The number of hydrogen-bond donors (Lipinski definition) is 1. The molecule has 0 aliphatic carbocycles. The number of esters is 2. The van der Waals surface area contributed by atoms with Crippen LogP contribution in [0.5, 0.6) is 0 Å². The molecular weight excluding hydrogens is 793 g/mol. The van der Waals surface area contributed by atoms with E-state index in [-0.39, 0.29) is 28.1 Å². The third-order valence-electron chi connectivity index (χ3n) is 7.74. The van der Waals surface area contributed by atoms with E-state index in [1.165, 1.54) is 40.4 Å². The van der Waals surface area contributed by atoms with Crippen molar-refractivity contribution in [3.05, 3.63) is 121 Å². The van der Waals surface area contributed by atoms with E-state index >= 15 is 0 Å². The second-order valence-corrected chi connectivity index (χ2v) is 19.8. The van der Waals surface area contributed by atoms with E-state index in [0.717, 1.165) is 36.4 Å². The highest BCUT2D eigenvalue weighted by molar-refractivity contribution is 8.00. The van der Waals surface area contributed by atoms with Crippen LogP contribution in [0.2, 0.25) is 0 Å². The van der Waals surface area contributed by atoms with Gasteiger partial charge in [-0.2, -0.15) is 0 Å². The molecule has 12 heteroatoms. The van der Waals surface area contributed by atoms with Crippen molar-refractivity contribution in [1.82, 2.24) is 9.97 Å². The average Bonchev–Trinajstić information content (AvgIpc) is 3.85. The Kier molecular flexibility index (Phi) is 14.6. The molecular formula is C45H46N2O6S4. The molecule has 1 N–H and O–H groups in total. The molecule has 0 saturated heterocycles. The topological polar surface area (TPSA) is 116 Å². The number of rotatable bonds is 11. The first-order valence-corrected chi connectivity index (χ1v) is 21.7. The molecule has 0 spiro atoms. The van der Waals surface area contributed by atoms with Crippen LogP contribution in [0.15, 0.2) is 125 Å². The number of carboxylic acids is 1. The van der Waals surface area contributed by atoms with Crippen LogP contribution in [0.25, 0.3) is 42.0 Å². The number of aromatic nitrogens is 2. The average molecular weight is 839 g/mol. The second kappa shape index (κ2) is 19.1. The van der Waals surface area contributed by atoms with E-state index < -0.39 is 17.2 Å². The zero-order valence-corrected chi connectivity index (χ0v) is 36.4. The maximum absolute atomic E-state index is 12.2. The summed E-state index contributed by atoms with van der Waals surface area (Å²) in [5.74, 6) is -1.49. The zero-order chi connectivity index (χ0) is 41.3. The Hall–Kier alpha value is -4.75. The maximum atomic E-state index is 12.2. The third-order valence-corrected chi connectivity index (χ3v) is 12.2. The number of thiazole rings is 2. The molecule has 4 aromatic carbocycles. The number of aromatic carboxylic acids is 1. The van der Waals surface area contributed by atoms with Gasteiger partial charge in [-0.15, -0.1) is 46.2 Å². The van der Waals surface area contributed by atoms with Crippen molar-refractivity contribution < 1.29 is 29.0 Å². The highest BCUT2D eigenvalue weighted by Gasteiger charge is 2.24. The summed E-state index contributed by atoms with van der Waals surface area (Å²) in [5.41, 5.74) is 3.00. The van der Waals surface area contributed by atoms with Gasteiger partial charge in [0.2, 0.25) is 0 Å². The van der Waals surface area contributed by atoms with Crippen LogP contribution in [0.4, 0.5) is 0 Å². The minimum atomic E-state index is -1.05. The lowest BCUT2D eigenvalue weighted by Gasteiger charge is -2.22. The van der Waals surface area contributed by atoms with Crippen molar-refractivity contribution in [2.24, 2.45) is 0 Å². The molecule has 8 nitrogen and oxygen atoms in total. The van der Waals surface area contributed by atoms with Crippen LogP contribution in [0.1, 0.15) is 65.9 Å². The van der Waals surface area contributed by atoms with Crippen LogP contribution >= 0.6 is 46.2 Å². The van der Waals surface area contributed by atoms with Gasteiger partial charge in [0.05, 0.1) is 9.75 Å². The molecule has 296 valence electrons. The number of nitrogens with zero attached hydrogens (tertiary/aromatic N) is 2. The lowest BCUT2D eigenvalue weighted by molar-refractivity contribution is -0.154.